The molecule has 2 amide bonds. The number of hydrogen-bond donors (Lipinski definition) is 2. The molecule has 1 aliphatic rings. The van der Waals surface area contributed by atoms with Crippen LogP contribution >= 0.6 is 0 Å². The van der Waals surface area contributed by atoms with Crippen LogP contribution < -0.4 is 11.1 Å². The summed E-state index contributed by atoms with van der Waals surface area (Å²) < 4.78 is 1.79. The predicted molar refractivity (Wildman–Crippen MR) is 115 cm³/mol. The molecule has 3 heterocycles. The van der Waals surface area contributed by atoms with E-state index in [9.17, 15) is 9.59 Å². The van der Waals surface area contributed by atoms with Crippen molar-refractivity contribution < 1.29 is 9.59 Å². The number of amides is 2. The van der Waals surface area contributed by atoms with Crippen molar-refractivity contribution in [2.24, 2.45) is 5.73 Å². The van der Waals surface area contributed by atoms with Crippen molar-refractivity contribution >= 4 is 17.5 Å². The zero-order valence-electron chi connectivity index (χ0n) is 17.4. The third-order valence-corrected chi connectivity index (χ3v) is 5.46. The van der Waals surface area contributed by atoms with Crippen LogP contribution in [0.25, 0.3) is 0 Å². The number of aryl methyl sites for hydroxylation is 1. The number of pyridine rings is 1. The first kappa shape index (κ1) is 20.7. The third kappa shape index (κ3) is 4.77. The molecule has 0 spiro atoms. The maximum Gasteiger partial charge on any atom is 0.254 e. The van der Waals surface area contributed by atoms with Gasteiger partial charge in [-0.25, -0.2) is 4.68 Å². The summed E-state index contributed by atoms with van der Waals surface area (Å²) in [5.41, 5.74) is 9.31. The van der Waals surface area contributed by atoms with Crippen molar-refractivity contribution in [1.82, 2.24) is 24.9 Å². The van der Waals surface area contributed by atoms with E-state index in [-0.39, 0.29) is 24.3 Å². The van der Waals surface area contributed by atoms with Gasteiger partial charge in [0.25, 0.3) is 5.91 Å². The number of anilines is 1. The van der Waals surface area contributed by atoms with Crippen molar-refractivity contribution in [1.29, 1.82) is 0 Å². The van der Waals surface area contributed by atoms with Gasteiger partial charge in [-0.15, -0.1) is 5.10 Å². The van der Waals surface area contributed by atoms with Crippen LogP contribution in [0.4, 0.5) is 5.69 Å². The van der Waals surface area contributed by atoms with Crippen molar-refractivity contribution in [2.45, 2.75) is 32.4 Å². The van der Waals surface area contributed by atoms with Crippen molar-refractivity contribution in [3.05, 3.63) is 71.3 Å². The van der Waals surface area contributed by atoms with Gasteiger partial charge in [0, 0.05) is 43.3 Å². The maximum atomic E-state index is 13.1. The Balaban J connectivity index is 1.42. The minimum Gasteiger partial charge on any atom is -0.336 e. The van der Waals surface area contributed by atoms with Crippen molar-refractivity contribution in [3.8, 4) is 0 Å². The zero-order chi connectivity index (χ0) is 21.8. The second kappa shape index (κ2) is 9.05. The number of benzene rings is 1. The standard InChI is InChI=1S/C22H25N7O2/c1-15-2-3-17(11-20(15)25-21(30)10-16-4-7-24-8-5-16)22(31)28-9-6-19(14-28)29-13-18(12-23)26-27-29/h2-5,7-8,11,13,19H,6,9-10,12,14,23H2,1H3,(H,25,30). The van der Waals surface area contributed by atoms with Gasteiger partial charge in [-0.3, -0.25) is 14.6 Å². The molecule has 1 atom stereocenters. The number of rotatable bonds is 6. The molecule has 0 saturated carbocycles. The Hall–Kier alpha value is -3.59. The largest absolute Gasteiger partial charge is 0.336 e. The quantitative estimate of drug-likeness (QED) is 0.628. The highest BCUT2D eigenvalue weighted by Crippen LogP contribution is 2.24. The Morgan fingerprint density at radius 1 is 1.23 bits per heavy atom. The first-order valence-corrected chi connectivity index (χ1v) is 10.2. The highest BCUT2D eigenvalue weighted by Gasteiger charge is 2.29. The number of likely N-dealkylation sites (tertiary alicyclic amines) is 1. The van der Waals surface area contributed by atoms with Gasteiger partial charge in [0.2, 0.25) is 5.91 Å². The van der Waals surface area contributed by atoms with Crippen LogP contribution in [0, 0.1) is 6.92 Å². The molecule has 1 saturated heterocycles. The fourth-order valence-electron chi connectivity index (χ4n) is 3.68. The smallest absolute Gasteiger partial charge is 0.254 e. The van der Waals surface area contributed by atoms with Crippen LogP contribution in [0.5, 0.6) is 0 Å². The van der Waals surface area contributed by atoms with Crippen LogP contribution in [0.2, 0.25) is 0 Å². The SMILES string of the molecule is Cc1ccc(C(=O)N2CCC(n3cc(CN)nn3)C2)cc1NC(=O)Cc1ccncc1. The van der Waals surface area contributed by atoms with Crippen molar-refractivity contribution in [2.75, 3.05) is 18.4 Å². The number of nitrogens with one attached hydrogen (secondary N) is 1. The molecule has 3 aromatic rings. The van der Waals surface area contributed by atoms with Crippen LogP contribution in [0.3, 0.4) is 0 Å². The average Bonchev–Trinajstić information content (AvgIpc) is 3.45. The van der Waals surface area contributed by atoms with Crippen LogP contribution in [-0.2, 0) is 17.8 Å². The van der Waals surface area contributed by atoms with E-state index in [0.717, 1.165) is 23.2 Å². The highest BCUT2D eigenvalue weighted by molar-refractivity contribution is 5.98. The Morgan fingerprint density at radius 3 is 2.77 bits per heavy atom. The molecule has 1 unspecified atom stereocenters. The summed E-state index contributed by atoms with van der Waals surface area (Å²) in [7, 11) is 0. The van der Waals surface area contributed by atoms with Crippen LogP contribution in [0.15, 0.2) is 48.9 Å². The van der Waals surface area contributed by atoms with E-state index >= 15 is 0 Å². The normalized spacial score (nSPS) is 15.8. The first-order chi connectivity index (χ1) is 15.0. The number of carbonyl (C=O) groups excluding carboxylic acids is 2. The Kier molecular flexibility index (Phi) is 6.03. The van der Waals surface area contributed by atoms with Gasteiger partial charge in [0.1, 0.15) is 0 Å². The van der Waals surface area contributed by atoms with Gasteiger partial charge in [0.15, 0.2) is 0 Å². The average molecular weight is 419 g/mol. The van der Waals surface area contributed by atoms with E-state index in [4.69, 9.17) is 5.73 Å². The lowest BCUT2D eigenvalue weighted by Crippen LogP contribution is -2.29. The lowest BCUT2D eigenvalue weighted by Gasteiger charge is -2.18. The molecule has 9 nitrogen and oxygen atoms in total. The Bertz CT molecular complexity index is 1080. The van der Waals surface area contributed by atoms with Gasteiger partial charge in [-0.05, 0) is 48.7 Å². The van der Waals surface area contributed by atoms with E-state index < -0.39 is 0 Å². The molecular weight excluding hydrogens is 394 g/mol. The molecule has 3 N–H and O–H groups in total. The number of nitrogens with zero attached hydrogens (tertiary/aromatic N) is 5. The number of aromatic nitrogens is 4. The summed E-state index contributed by atoms with van der Waals surface area (Å²) in [5, 5.41) is 11.1. The molecule has 1 fully saturated rings. The lowest BCUT2D eigenvalue weighted by molar-refractivity contribution is -0.115. The zero-order valence-corrected chi connectivity index (χ0v) is 17.4. The molecule has 9 heteroatoms. The molecule has 0 aliphatic carbocycles. The second-order valence-corrected chi connectivity index (χ2v) is 7.70. The molecule has 2 aromatic heterocycles. The van der Waals surface area contributed by atoms with Crippen molar-refractivity contribution in [3.63, 3.8) is 0 Å². The topological polar surface area (TPSA) is 119 Å². The fraction of sp³-hybridized carbons (Fsp3) is 0.318. The molecule has 0 bridgehead atoms. The molecule has 160 valence electrons. The van der Waals surface area contributed by atoms with E-state index in [0.29, 0.717) is 30.9 Å². The minimum atomic E-state index is -0.137. The third-order valence-electron chi connectivity index (χ3n) is 5.46. The molecule has 31 heavy (non-hydrogen) atoms. The van der Waals surface area contributed by atoms with Crippen LogP contribution in [-0.4, -0.2) is 49.8 Å². The van der Waals surface area contributed by atoms with E-state index in [1.807, 2.05) is 36.2 Å². The minimum absolute atomic E-state index is 0.0636. The van der Waals surface area contributed by atoms with Gasteiger partial charge >= 0.3 is 0 Å². The van der Waals surface area contributed by atoms with E-state index in [2.05, 4.69) is 20.6 Å². The van der Waals surface area contributed by atoms with Gasteiger partial charge in [-0.1, -0.05) is 11.3 Å². The molecule has 0 radical (unpaired) electrons. The molecule has 1 aliphatic heterocycles. The van der Waals surface area contributed by atoms with Crippen LogP contribution in [0.1, 0.15) is 39.6 Å². The van der Waals surface area contributed by atoms with Gasteiger partial charge < -0.3 is 16.0 Å². The summed E-state index contributed by atoms with van der Waals surface area (Å²) in [6, 6.07) is 9.10. The lowest BCUT2D eigenvalue weighted by atomic mass is 10.1. The molecule has 1 aromatic carbocycles. The Morgan fingerprint density at radius 2 is 2.03 bits per heavy atom. The highest BCUT2D eigenvalue weighted by atomic mass is 16.2. The first-order valence-electron chi connectivity index (χ1n) is 10.2. The predicted octanol–water partition coefficient (Wildman–Crippen LogP) is 1.71. The van der Waals surface area contributed by atoms with E-state index in [1.165, 1.54) is 0 Å². The van der Waals surface area contributed by atoms with Gasteiger partial charge in [-0.2, -0.15) is 0 Å². The fourth-order valence-corrected chi connectivity index (χ4v) is 3.68. The summed E-state index contributed by atoms with van der Waals surface area (Å²) in [4.78, 5) is 31.3. The summed E-state index contributed by atoms with van der Waals surface area (Å²) in [6.45, 7) is 3.44. The maximum absolute atomic E-state index is 13.1. The Labute approximate surface area is 180 Å². The van der Waals surface area contributed by atoms with E-state index in [1.54, 1.807) is 29.2 Å². The van der Waals surface area contributed by atoms with Gasteiger partial charge in [0.05, 0.1) is 24.4 Å². The number of hydrogen-bond acceptors (Lipinski definition) is 6. The molecule has 4 rings (SSSR count). The summed E-state index contributed by atoms with van der Waals surface area (Å²) in [5.74, 6) is -0.201. The summed E-state index contributed by atoms with van der Waals surface area (Å²) >= 11 is 0. The summed E-state index contributed by atoms with van der Waals surface area (Å²) in [6.07, 6.45) is 6.21. The number of nitrogens with two attached hydrogens (primary N) is 1. The monoisotopic (exact) mass is 419 g/mol. The second-order valence-electron chi connectivity index (χ2n) is 7.70. The molecular formula is C22H25N7O2. The number of carbonyl (C=O) groups is 2.